The molecule has 0 bridgehead atoms. The lowest BCUT2D eigenvalue weighted by molar-refractivity contribution is 0.173. The molecule has 0 spiro atoms. The first-order chi connectivity index (χ1) is 20.4. The van der Waals surface area contributed by atoms with Crippen LogP contribution in [0.15, 0.2) is 58.7 Å². The predicted octanol–water partition coefficient (Wildman–Crippen LogP) is 6.19. The SMILES string of the molecule is COc1ccc(C)cc1Nc1nc(NN=Cc2cc3c(cc2Cl)OCO3)cc(NN=Cc2cc3c(cc2Cl)OCO3)n1. The number of nitrogens with one attached hydrogen (secondary N) is 3. The molecule has 0 aliphatic carbocycles. The number of aryl methyl sites for hydroxylation is 1. The average molecular weight is 608 g/mol. The maximum atomic E-state index is 6.37. The van der Waals surface area contributed by atoms with Crippen LogP contribution in [0, 0.1) is 6.92 Å². The number of anilines is 4. The van der Waals surface area contributed by atoms with Gasteiger partial charge in [-0.05, 0) is 36.8 Å². The number of halogens is 2. The highest BCUT2D eigenvalue weighted by Gasteiger charge is 2.17. The molecule has 0 unspecified atom stereocenters. The van der Waals surface area contributed by atoms with Gasteiger partial charge in [0.1, 0.15) is 5.75 Å². The fourth-order valence-corrected chi connectivity index (χ4v) is 4.46. The summed E-state index contributed by atoms with van der Waals surface area (Å²) < 4.78 is 27.1. The Balaban J connectivity index is 1.25. The van der Waals surface area contributed by atoms with E-state index in [-0.39, 0.29) is 19.5 Å². The third-order valence-electron chi connectivity index (χ3n) is 6.08. The lowest BCUT2D eigenvalue weighted by atomic mass is 10.2. The molecular formula is C28H23Cl2N7O5. The molecule has 0 saturated carbocycles. The van der Waals surface area contributed by atoms with Crippen LogP contribution in [0.4, 0.5) is 23.3 Å². The molecule has 0 atom stereocenters. The zero-order valence-electron chi connectivity index (χ0n) is 22.3. The van der Waals surface area contributed by atoms with Crippen LogP contribution in [0.5, 0.6) is 28.7 Å². The second kappa shape index (κ2) is 11.9. The summed E-state index contributed by atoms with van der Waals surface area (Å²) >= 11 is 12.7. The van der Waals surface area contributed by atoms with Gasteiger partial charge in [0.2, 0.25) is 19.5 Å². The largest absolute Gasteiger partial charge is 0.495 e. The lowest BCUT2D eigenvalue weighted by Gasteiger charge is -2.12. The van der Waals surface area contributed by atoms with Gasteiger partial charge in [-0.25, -0.2) is 0 Å². The highest BCUT2D eigenvalue weighted by Crippen LogP contribution is 2.37. The molecular weight excluding hydrogens is 585 g/mol. The minimum Gasteiger partial charge on any atom is -0.495 e. The van der Waals surface area contributed by atoms with Crippen molar-refractivity contribution in [2.24, 2.45) is 10.2 Å². The predicted molar refractivity (Wildman–Crippen MR) is 161 cm³/mol. The highest BCUT2D eigenvalue weighted by molar-refractivity contribution is 6.33. The Morgan fingerprint density at radius 2 is 1.29 bits per heavy atom. The van der Waals surface area contributed by atoms with E-state index < -0.39 is 0 Å². The molecule has 12 nitrogen and oxygen atoms in total. The summed E-state index contributed by atoms with van der Waals surface area (Å²) in [6.07, 6.45) is 3.10. The molecule has 0 amide bonds. The summed E-state index contributed by atoms with van der Waals surface area (Å²) in [5.74, 6) is 3.98. The average Bonchev–Trinajstić information content (AvgIpc) is 3.62. The number of rotatable bonds is 9. The van der Waals surface area contributed by atoms with Gasteiger partial charge in [0, 0.05) is 29.3 Å². The number of methoxy groups -OCH3 is 1. The van der Waals surface area contributed by atoms with Crippen molar-refractivity contribution in [3.63, 3.8) is 0 Å². The number of hydrogen-bond donors (Lipinski definition) is 3. The van der Waals surface area contributed by atoms with E-state index in [1.54, 1.807) is 49.9 Å². The molecule has 6 rings (SSSR count). The van der Waals surface area contributed by atoms with E-state index in [4.69, 9.17) is 46.9 Å². The Hall–Kier alpha value is -4.94. The molecule has 0 fully saturated rings. The van der Waals surface area contributed by atoms with Crippen LogP contribution < -0.4 is 39.9 Å². The van der Waals surface area contributed by atoms with Crippen molar-refractivity contribution in [1.29, 1.82) is 0 Å². The van der Waals surface area contributed by atoms with Crippen molar-refractivity contribution in [3.05, 3.63) is 75.3 Å². The number of aromatic nitrogens is 2. The molecule has 3 N–H and O–H groups in total. The Morgan fingerprint density at radius 1 is 0.762 bits per heavy atom. The van der Waals surface area contributed by atoms with Crippen molar-refractivity contribution in [2.75, 3.05) is 36.9 Å². The maximum Gasteiger partial charge on any atom is 0.231 e. The minimum atomic E-state index is 0.145. The Morgan fingerprint density at radius 3 is 1.81 bits per heavy atom. The van der Waals surface area contributed by atoms with Crippen molar-refractivity contribution >= 4 is 58.9 Å². The van der Waals surface area contributed by atoms with E-state index in [1.165, 1.54) is 0 Å². The topological polar surface area (TPSA) is 133 Å². The fraction of sp³-hybridized carbons (Fsp3) is 0.143. The summed E-state index contributed by atoms with van der Waals surface area (Å²) in [5, 5.41) is 12.7. The summed E-state index contributed by atoms with van der Waals surface area (Å²) in [6.45, 7) is 2.26. The van der Waals surface area contributed by atoms with E-state index in [1.807, 2.05) is 25.1 Å². The molecule has 4 aromatic rings. The number of hydrogen-bond acceptors (Lipinski definition) is 12. The maximum absolute atomic E-state index is 6.37. The number of benzene rings is 3. The quantitative estimate of drug-likeness (QED) is 0.149. The van der Waals surface area contributed by atoms with Crippen LogP contribution in [0.2, 0.25) is 10.0 Å². The van der Waals surface area contributed by atoms with Gasteiger partial charge in [0.25, 0.3) is 0 Å². The molecule has 1 aromatic heterocycles. The van der Waals surface area contributed by atoms with Gasteiger partial charge in [0.15, 0.2) is 34.6 Å². The lowest BCUT2D eigenvalue weighted by Crippen LogP contribution is -2.05. The number of nitrogens with zero attached hydrogens (tertiary/aromatic N) is 4. The monoisotopic (exact) mass is 607 g/mol. The molecule has 214 valence electrons. The zero-order valence-corrected chi connectivity index (χ0v) is 23.8. The Labute approximate surface area is 250 Å². The van der Waals surface area contributed by atoms with Crippen LogP contribution >= 0.6 is 23.2 Å². The van der Waals surface area contributed by atoms with E-state index in [2.05, 4.69) is 36.3 Å². The van der Waals surface area contributed by atoms with Gasteiger partial charge in [0.05, 0.1) is 35.3 Å². The Bertz CT molecular complexity index is 1620. The summed E-state index contributed by atoms with van der Waals surface area (Å²) in [5.41, 5.74) is 8.81. The fourth-order valence-electron chi connectivity index (χ4n) is 4.06. The molecule has 0 radical (unpaired) electrons. The van der Waals surface area contributed by atoms with Crippen LogP contribution in [0.3, 0.4) is 0 Å². The third kappa shape index (κ3) is 6.04. The minimum absolute atomic E-state index is 0.145. The van der Waals surface area contributed by atoms with Gasteiger partial charge in [-0.3, -0.25) is 10.9 Å². The Kier molecular flexibility index (Phi) is 7.71. The first-order valence-corrected chi connectivity index (χ1v) is 13.3. The third-order valence-corrected chi connectivity index (χ3v) is 6.73. The molecule has 3 aromatic carbocycles. The molecule has 0 saturated heterocycles. The molecule has 2 aliphatic heterocycles. The van der Waals surface area contributed by atoms with Crippen molar-refractivity contribution in [1.82, 2.24) is 9.97 Å². The highest BCUT2D eigenvalue weighted by atomic mass is 35.5. The normalized spacial score (nSPS) is 13.1. The summed E-state index contributed by atoms with van der Waals surface area (Å²) in [7, 11) is 1.59. The van der Waals surface area contributed by atoms with Crippen LogP contribution in [-0.2, 0) is 0 Å². The number of fused-ring (bicyclic) bond motifs is 2. The molecule has 2 aliphatic rings. The van der Waals surface area contributed by atoms with E-state index in [0.29, 0.717) is 67.2 Å². The molecule has 14 heteroatoms. The van der Waals surface area contributed by atoms with Crippen molar-refractivity contribution < 1.29 is 23.7 Å². The first kappa shape index (κ1) is 27.2. The number of ether oxygens (including phenoxy) is 5. The smallest absolute Gasteiger partial charge is 0.231 e. The van der Waals surface area contributed by atoms with Crippen molar-refractivity contribution in [3.8, 4) is 28.7 Å². The number of hydrazone groups is 2. The summed E-state index contributed by atoms with van der Waals surface area (Å²) in [4.78, 5) is 9.08. The first-order valence-electron chi connectivity index (χ1n) is 12.5. The van der Waals surface area contributed by atoms with Crippen LogP contribution in [0.1, 0.15) is 16.7 Å². The van der Waals surface area contributed by atoms with Crippen molar-refractivity contribution in [2.45, 2.75) is 6.92 Å². The summed E-state index contributed by atoms with van der Waals surface area (Å²) in [6, 6.07) is 14.2. The molecule has 42 heavy (non-hydrogen) atoms. The van der Waals surface area contributed by atoms with Gasteiger partial charge in [-0.2, -0.15) is 20.2 Å². The second-order valence-corrected chi connectivity index (χ2v) is 9.80. The van der Waals surface area contributed by atoms with Gasteiger partial charge in [-0.15, -0.1) is 0 Å². The van der Waals surface area contributed by atoms with Crippen LogP contribution in [0.25, 0.3) is 0 Å². The molecule has 3 heterocycles. The van der Waals surface area contributed by atoms with E-state index >= 15 is 0 Å². The van der Waals surface area contributed by atoms with E-state index in [9.17, 15) is 0 Å². The van der Waals surface area contributed by atoms with Gasteiger partial charge < -0.3 is 29.0 Å². The van der Waals surface area contributed by atoms with Crippen LogP contribution in [-0.4, -0.2) is 43.1 Å². The zero-order chi connectivity index (χ0) is 29.1. The standard InChI is InChI=1S/C28H23Cl2N7O5/c1-15-3-4-21(38-2)20(5-15)33-28-34-26(36-31-11-16-6-22-24(8-18(16)29)41-13-39-22)10-27(35-28)37-32-12-17-7-23-25(9-19(17)30)42-14-40-23/h3-12H,13-14H2,1-2H3,(H3,33,34,35,36,37). The van der Waals surface area contributed by atoms with E-state index in [0.717, 1.165) is 5.56 Å². The van der Waals surface area contributed by atoms with Gasteiger partial charge in [-0.1, -0.05) is 29.3 Å². The van der Waals surface area contributed by atoms with Gasteiger partial charge >= 0.3 is 0 Å². The second-order valence-electron chi connectivity index (χ2n) is 8.98.